The summed E-state index contributed by atoms with van der Waals surface area (Å²) in [6.45, 7) is 6.58. The molecule has 118 valence electrons. The highest BCUT2D eigenvalue weighted by Crippen LogP contribution is 2.34. The molecule has 3 rings (SSSR count). The summed E-state index contributed by atoms with van der Waals surface area (Å²) in [6, 6.07) is 5.81. The summed E-state index contributed by atoms with van der Waals surface area (Å²) in [7, 11) is -3.53. The van der Waals surface area contributed by atoms with Crippen molar-refractivity contribution in [3.05, 3.63) is 36.1 Å². The fourth-order valence-electron chi connectivity index (χ4n) is 2.64. The molecule has 0 amide bonds. The Hall–Kier alpha value is -1.24. The van der Waals surface area contributed by atoms with Crippen molar-refractivity contribution in [2.45, 2.75) is 30.6 Å². The minimum absolute atomic E-state index is 0.135. The van der Waals surface area contributed by atoms with Crippen LogP contribution in [0.3, 0.4) is 0 Å². The first-order chi connectivity index (χ1) is 10.4. The van der Waals surface area contributed by atoms with E-state index in [1.807, 2.05) is 25.1 Å². The molecule has 0 saturated carbocycles. The van der Waals surface area contributed by atoms with Crippen LogP contribution in [0.5, 0.6) is 0 Å². The zero-order valence-electron chi connectivity index (χ0n) is 12.4. The number of Topliss-reactive ketones (excluding diaryl/α,β-unsaturated/α-hetero) is 1. The van der Waals surface area contributed by atoms with Gasteiger partial charge in [0.25, 0.3) is 0 Å². The summed E-state index contributed by atoms with van der Waals surface area (Å²) in [4.78, 5) is 11.7. The van der Waals surface area contributed by atoms with Crippen LogP contribution < -0.4 is 0 Å². The molecule has 1 aliphatic rings. The van der Waals surface area contributed by atoms with Crippen LogP contribution in [0.2, 0.25) is 0 Å². The lowest BCUT2D eigenvalue weighted by Gasteiger charge is -2.25. The zero-order chi connectivity index (χ0) is 15.9. The van der Waals surface area contributed by atoms with Crippen LogP contribution in [0.25, 0.3) is 10.1 Å². The summed E-state index contributed by atoms with van der Waals surface area (Å²) in [5.74, 6) is 0.301. The van der Waals surface area contributed by atoms with Crippen LogP contribution >= 0.6 is 11.3 Å². The number of hydrogen-bond donors (Lipinski definition) is 0. The maximum atomic E-state index is 12.8. The Bertz CT molecular complexity index is 811. The van der Waals surface area contributed by atoms with Crippen molar-refractivity contribution < 1.29 is 13.2 Å². The minimum atomic E-state index is -3.53. The van der Waals surface area contributed by atoms with Crippen molar-refractivity contribution in [2.24, 2.45) is 0 Å². The van der Waals surface area contributed by atoms with Gasteiger partial charge in [0.15, 0.2) is 0 Å². The van der Waals surface area contributed by atoms with Gasteiger partial charge in [0, 0.05) is 41.4 Å². The Kier molecular flexibility index (Phi) is 4.09. The molecule has 2 aromatic rings. The summed E-state index contributed by atoms with van der Waals surface area (Å²) >= 11 is 1.44. The standard InChI is InChI=1S/C16H18NO3S2/c1-11(2)12-3-4-14-15(9-12)21-10-16(14)22(19,20)17-7-5-13(18)6-8-17/h3-4,9-11H,1,5-8H2,2H3/q-1. The van der Waals surface area contributed by atoms with E-state index in [0.717, 1.165) is 15.6 Å². The zero-order valence-corrected chi connectivity index (χ0v) is 14.0. The normalized spacial score (nSPS) is 18.7. The number of nitrogens with zero attached hydrogens (tertiary/aromatic N) is 1. The minimum Gasteiger partial charge on any atom is -0.336 e. The van der Waals surface area contributed by atoms with Gasteiger partial charge in [-0.15, -0.1) is 17.3 Å². The van der Waals surface area contributed by atoms with Crippen LogP contribution in [0.4, 0.5) is 0 Å². The molecule has 1 unspecified atom stereocenters. The number of piperidine rings is 1. The van der Waals surface area contributed by atoms with Crippen LogP contribution in [0, 0.1) is 6.92 Å². The third kappa shape index (κ3) is 2.71. The molecule has 1 aromatic heterocycles. The second-order valence-corrected chi connectivity index (χ2v) is 8.52. The average Bonchev–Trinajstić information content (AvgIpc) is 2.91. The Labute approximate surface area is 134 Å². The predicted octanol–water partition coefficient (Wildman–Crippen LogP) is 3.19. The Morgan fingerprint density at radius 1 is 1.27 bits per heavy atom. The molecular weight excluding hydrogens is 318 g/mol. The van der Waals surface area contributed by atoms with Gasteiger partial charge in [-0.2, -0.15) is 4.31 Å². The van der Waals surface area contributed by atoms with E-state index in [4.69, 9.17) is 0 Å². The first-order valence-electron chi connectivity index (χ1n) is 7.25. The number of sulfonamides is 1. The maximum absolute atomic E-state index is 12.8. The van der Waals surface area contributed by atoms with Crippen molar-refractivity contribution in [2.75, 3.05) is 13.1 Å². The molecule has 0 aliphatic carbocycles. The second kappa shape index (κ2) is 5.76. The second-order valence-electron chi connectivity index (χ2n) is 5.70. The number of carbonyl (C=O) groups is 1. The van der Waals surface area contributed by atoms with E-state index in [1.54, 1.807) is 5.38 Å². The van der Waals surface area contributed by atoms with Gasteiger partial charge in [-0.25, -0.2) is 8.42 Å². The Morgan fingerprint density at radius 3 is 2.59 bits per heavy atom. The third-order valence-corrected chi connectivity index (χ3v) is 7.06. The first-order valence-corrected chi connectivity index (χ1v) is 9.57. The highest BCUT2D eigenvalue weighted by Gasteiger charge is 2.30. The topological polar surface area (TPSA) is 54.5 Å². The molecular formula is C16H18NO3S2-. The number of rotatable bonds is 3. The molecule has 0 radical (unpaired) electrons. The molecule has 0 bridgehead atoms. The lowest BCUT2D eigenvalue weighted by molar-refractivity contribution is -0.120. The van der Waals surface area contributed by atoms with E-state index in [0.29, 0.717) is 17.7 Å². The van der Waals surface area contributed by atoms with Crippen LogP contribution in [0.1, 0.15) is 31.2 Å². The molecule has 0 N–H and O–H groups in total. The van der Waals surface area contributed by atoms with Gasteiger partial charge in [-0.1, -0.05) is 24.6 Å². The lowest BCUT2D eigenvalue weighted by atomic mass is 10.0. The number of ketones is 1. The monoisotopic (exact) mass is 336 g/mol. The number of benzene rings is 1. The third-order valence-electron chi connectivity index (χ3n) is 4.03. The van der Waals surface area contributed by atoms with E-state index in [-0.39, 0.29) is 24.8 Å². The molecule has 22 heavy (non-hydrogen) atoms. The highest BCUT2D eigenvalue weighted by molar-refractivity contribution is 7.89. The summed E-state index contributed by atoms with van der Waals surface area (Å²) in [6.07, 6.45) is 0.620. The van der Waals surface area contributed by atoms with Crippen molar-refractivity contribution in [3.8, 4) is 0 Å². The SMILES string of the molecule is [CH2-]C(C)c1ccc2c(S(=O)(=O)N3CCC(=O)CC3)csc2c1. The lowest BCUT2D eigenvalue weighted by Crippen LogP contribution is -2.38. The molecule has 0 spiro atoms. The molecule has 1 saturated heterocycles. The van der Waals surface area contributed by atoms with E-state index in [9.17, 15) is 13.2 Å². The molecule has 1 aromatic carbocycles. The van der Waals surface area contributed by atoms with Crippen molar-refractivity contribution in [1.82, 2.24) is 4.31 Å². The molecule has 1 atom stereocenters. The molecule has 4 nitrogen and oxygen atoms in total. The molecule has 1 aliphatic heterocycles. The molecule has 2 heterocycles. The summed E-state index contributed by atoms with van der Waals surface area (Å²) < 4.78 is 28.0. The van der Waals surface area contributed by atoms with Crippen LogP contribution in [0.15, 0.2) is 28.5 Å². The average molecular weight is 336 g/mol. The van der Waals surface area contributed by atoms with E-state index < -0.39 is 10.0 Å². The van der Waals surface area contributed by atoms with Crippen LogP contribution in [-0.4, -0.2) is 31.6 Å². The Balaban J connectivity index is 2.00. The number of hydrogen-bond acceptors (Lipinski definition) is 4. The van der Waals surface area contributed by atoms with Crippen LogP contribution in [-0.2, 0) is 14.8 Å². The quantitative estimate of drug-likeness (QED) is 0.809. The smallest absolute Gasteiger partial charge is 0.244 e. The van der Waals surface area contributed by atoms with Gasteiger partial charge in [-0.05, 0) is 6.07 Å². The van der Waals surface area contributed by atoms with Gasteiger partial charge in [-0.3, -0.25) is 4.79 Å². The summed E-state index contributed by atoms with van der Waals surface area (Å²) in [5.41, 5.74) is 1.10. The van der Waals surface area contributed by atoms with Gasteiger partial charge in [0.1, 0.15) is 10.7 Å². The highest BCUT2D eigenvalue weighted by atomic mass is 32.2. The van der Waals surface area contributed by atoms with Gasteiger partial charge in [0.05, 0.1) is 0 Å². The number of fused-ring (bicyclic) bond motifs is 1. The first kappa shape index (κ1) is 15.6. The van der Waals surface area contributed by atoms with Crippen molar-refractivity contribution in [1.29, 1.82) is 0 Å². The van der Waals surface area contributed by atoms with E-state index >= 15 is 0 Å². The van der Waals surface area contributed by atoms with Crippen molar-refractivity contribution in [3.63, 3.8) is 0 Å². The van der Waals surface area contributed by atoms with E-state index in [2.05, 4.69) is 6.92 Å². The van der Waals surface area contributed by atoms with Crippen molar-refractivity contribution >= 4 is 37.2 Å². The van der Waals surface area contributed by atoms with Gasteiger partial charge >= 0.3 is 0 Å². The fraction of sp³-hybridized carbons (Fsp3) is 0.375. The maximum Gasteiger partial charge on any atom is 0.244 e. The number of thiophene rings is 1. The predicted molar refractivity (Wildman–Crippen MR) is 88.6 cm³/mol. The van der Waals surface area contributed by atoms with E-state index in [1.165, 1.54) is 15.6 Å². The van der Waals surface area contributed by atoms with Gasteiger partial charge < -0.3 is 6.92 Å². The fourth-order valence-corrected chi connectivity index (χ4v) is 5.60. The molecule has 6 heteroatoms. The number of carbonyl (C=O) groups excluding carboxylic acids is 1. The Morgan fingerprint density at radius 2 is 1.95 bits per heavy atom. The summed E-state index contributed by atoms with van der Waals surface area (Å²) in [5, 5.41) is 2.46. The van der Waals surface area contributed by atoms with Gasteiger partial charge in [0.2, 0.25) is 10.0 Å². The molecule has 1 fully saturated rings. The largest absolute Gasteiger partial charge is 0.336 e.